The van der Waals surface area contributed by atoms with E-state index >= 15 is 0 Å². The van der Waals surface area contributed by atoms with Gasteiger partial charge in [-0.15, -0.1) is 0 Å². The van der Waals surface area contributed by atoms with Crippen LogP contribution in [-0.2, 0) is 0 Å². The molecule has 0 aliphatic carbocycles. The fourth-order valence-corrected chi connectivity index (χ4v) is 9.75. The molecule has 4 aromatic rings. The van der Waals surface area contributed by atoms with Crippen LogP contribution in [0.4, 0.5) is 0 Å². The summed E-state index contributed by atoms with van der Waals surface area (Å²) in [5.74, 6) is -0.399. The van der Waals surface area contributed by atoms with Crippen molar-refractivity contribution < 1.29 is 9.59 Å². The monoisotopic (exact) mass is 450 g/mol. The summed E-state index contributed by atoms with van der Waals surface area (Å²) in [4.78, 5) is 27.8. The van der Waals surface area contributed by atoms with Crippen molar-refractivity contribution in [2.24, 2.45) is 0 Å². The Morgan fingerprint density at radius 2 is 0.909 bits per heavy atom. The number of amides is 2. The van der Waals surface area contributed by atoms with Crippen LogP contribution in [0.3, 0.4) is 0 Å². The molecule has 3 nitrogen and oxygen atoms in total. The van der Waals surface area contributed by atoms with Crippen molar-refractivity contribution in [3.63, 3.8) is 0 Å². The molecule has 1 aliphatic heterocycles. The summed E-state index contributed by atoms with van der Waals surface area (Å²) in [5.41, 5.74) is 1.02. The Morgan fingerprint density at radius 3 is 1.27 bits per heavy atom. The highest BCUT2D eigenvalue weighted by Gasteiger charge is 2.52. The average molecular weight is 450 g/mol. The van der Waals surface area contributed by atoms with Crippen LogP contribution in [0, 0.1) is 0 Å². The number of hydrogen-bond acceptors (Lipinski definition) is 2. The lowest BCUT2D eigenvalue weighted by Crippen LogP contribution is -2.44. The van der Waals surface area contributed by atoms with Crippen LogP contribution in [-0.4, -0.2) is 28.9 Å². The molecule has 1 unspecified atom stereocenters. The van der Waals surface area contributed by atoms with Crippen LogP contribution in [0.2, 0.25) is 0 Å². The zero-order valence-corrected chi connectivity index (χ0v) is 19.4. The first-order valence-electron chi connectivity index (χ1n) is 11.1. The van der Waals surface area contributed by atoms with Gasteiger partial charge in [0.25, 0.3) is 11.8 Å². The Hall–Kier alpha value is -3.55. The summed E-state index contributed by atoms with van der Waals surface area (Å²) in [6, 6.07) is 38.8. The summed E-state index contributed by atoms with van der Waals surface area (Å²) in [7, 11) is -2.19. The van der Waals surface area contributed by atoms with E-state index in [1.165, 1.54) is 20.8 Å². The van der Waals surface area contributed by atoms with Crippen LogP contribution in [0.15, 0.2) is 115 Å². The molecular formula is C29H25NO2P+. The number of rotatable bonds is 6. The summed E-state index contributed by atoms with van der Waals surface area (Å²) >= 11 is 0. The Bertz CT molecular complexity index is 1160. The molecule has 0 fully saturated rings. The lowest BCUT2D eigenvalue weighted by atomic mass is 10.1. The normalized spacial score (nSPS) is 14.3. The first kappa shape index (κ1) is 21.3. The average Bonchev–Trinajstić information content (AvgIpc) is 3.11. The molecule has 1 atom stereocenters. The molecule has 0 spiro atoms. The number of fused-ring (bicyclic) bond motifs is 1. The van der Waals surface area contributed by atoms with Gasteiger partial charge in [-0.1, -0.05) is 66.7 Å². The highest BCUT2D eigenvalue weighted by Crippen LogP contribution is 2.59. The smallest absolute Gasteiger partial charge is 0.261 e. The van der Waals surface area contributed by atoms with Crippen molar-refractivity contribution >= 4 is 35.0 Å². The number of hydrogen-bond donors (Lipinski definition) is 0. The number of carbonyl (C=O) groups is 2. The van der Waals surface area contributed by atoms with E-state index in [4.69, 9.17) is 0 Å². The van der Waals surface area contributed by atoms with E-state index in [9.17, 15) is 9.59 Å². The molecule has 0 saturated heterocycles. The molecule has 0 saturated carbocycles. The first-order valence-corrected chi connectivity index (χ1v) is 13.0. The van der Waals surface area contributed by atoms with Crippen molar-refractivity contribution in [3.8, 4) is 0 Å². The molecule has 4 aromatic carbocycles. The predicted molar refractivity (Wildman–Crippen MR) is 136 cm³/mol. The van der Waals surface area contributed by atoms with Gasteiger partial charge in [0.2, 0.25) is 0 Å². The minimum Gasteiger partial charge on any atom is -0.270 e. The molecule has 0 aromatic heterocycles. The lowest BCUT2D eigenvalue weighted by molar-refractivity contribution is 0.0655. The third-order valence-electron chi connectivity index (χ3n) is 6.48. The summed E-state index contributed by atoms with van der Waals surface area (Å²) in [5, 5.41) is 3.73. The van der Waals surface area contributed by atoms with Gasteiger partial charge in [-0.2, -0.15) is 0 Å². The van der Waals surface area contributed by atoms with Crippen molar-refractivity contribution in [1.29, 1.82) is 0 Å². The van der Waals surface area contributed by atoms with Gasteiger partial charge < -0.3 is 0 Å². The predicted octanol–water partition coefficient (Wildman–Crippen LogP) is 4.67. The van der Waals surface area contributed by atoms with Gasteiger partial charge in [-0.05, 0) is 55.5 Å². The minimum atomic E-state index is -2.19. The highest BCUT2D eigenvalue weighted by atomic mass is 31.2. The van der Waals surface area contributed by atoms with Crippen molar-refractivity contribution in [1.82, 2.24) is 4.90 Å². The first-order chi connectivity index (χ1) is 16.1. The SMILES string of the molecule is CC(CN1C(=O)c2ccccc2C1=O)[P+](c1ccccc1)(c1ccccc1)c1ccccc1. The van der Waals surface area contributed by atoms with Gasteiger partial charge in [-0.25, -0.2) is 0 Å². The molecule has 5 rings (SSSR count). The molecule has 4 heteroatoms. The van der Waals surface area contributed by atoms with Crippen LogP contribution in [0.1, 0.15) is 27.6 Å². The summed E-state index contributed by atoms with van der Waals surface area (Å²) in [6.07, 6.45) is 0. The second kappa shape index (κ2) is 8.77. The highest BCUT2D eigenvalue weighted by molar-refractivity contribution is 7.96. The van der Waals surface area contributed by atoms with E-state index in [0.29, 0.717) is 17.7 Å². The van der Waals surface area contributed by atoms with Crippen molar-refractivity contribution in [2.45, 2.75) is 12.6 Å². The fourth-order valence-electron chi connectivity index (χ4n) is 4.99. The third kappa shape index (κ3) is 3.50. The standard InChI is InChI=1S/C29H25NO2P/c1-22(21-30-28(31)26-19-11-12-20-27(26)29(30)32)33(23-13-5-2-6-14-23,24-15-7-3-8-16-24)25-17-9-4-10-18-25/h2-20,22H,21H2,1H3/q+1. The van der Waals surface area contributed by atoms with Crippen LogP contribution < -0.4 is 15.9 Å². The Labute approximate surface area is 195 Å². The van der Waals surface area contributed by atoms with E-state index in [2.05, 4.69) is 79.7 Å². The van der Waals surface area contributed by atoms with E-state index in [0.717, 1.165) is 0 Å². The molecular weight excluding hydrogens is 425 g/mol. The molecule has 162 valence electrons. The maximum absolute atomic E-state index is 13.2. The number of nitrogens with zero attached hydrogens (tertiary/aromatic N) is 1. The second-order valence-electron chi connectivity index (χ2n) is 8.34. The van der Waals surface area contributed by atoms with Gasteiger partial charge in [0, 0.05) is 0 Å². The zero-order valence-electron chi connectivity index (χ0n) is 18.5. The molecule has 0 N–H and O–H groups in total. The quantitative estimate of drug-likeness (QED) is 0.316. The van der Waals surface area contributed by atoms with Gasteiger partial charge in [0.1, 0.15) is 23.2 Å². The molecule has 0 radical (unpaired) electrons. The van der Waals surface area contributed by atoms with Gasteiger partial charge in [0.05, 0.1) is 23.3 Å². The molecule has 33 heavy (non-hydrogen) atoms. The van der Waals surface area contributed by atoms with Gasteiger partial charge in [-0.3, -0.25) is 14.5 Å². The van der Waals surface area contributed by atoms with Crippen LogP contribution >= 0.6 is 7.26 Å². The van der Waals surface area contributed by atoms with E-state index in [1.54, 1.807) is 12.1 Å². The Kier molecular flexibility index (Phi) is 5.66. The van der Waals surface area contributed by atoms with Gasteiger partial charge >= 0.3 is 0 Å². The number of imide groups is 1. The maximum Gasteiger partial charge on any atom is 0.261 e. The number of benzene rings is 4. The minimum absolute atomic E-state index is 0.0203. The Balaban J connectivity index is 1.67. The molecule has 1 heterocycles. The van der Waals surface area contributed by atoms with E-state index in [1.807, 2.05) is 30.3 Å². The molecule has 2 amide bonds. The topological polar surface area (TPSA) is 37.4 Å². The largest absolute Gasteiger partial charge is 0.270 e. The lowest BCUT2D eigenvalue weighted by Gasteiger charge is -2.34. The second-order valence-corrected chi connectivity index (χ2v) is 12.2. The summed E-state index contributed by atoms with van der Waals surface area (Å²) in [6.45, 7) is 2.54. The van der Waals surface area contributed by atoms with Crippen molar-refractivity contribution in [3.05, 3.63) is 126 Å². The summed E-state index contributed by atoms with van der Waals surface area (Å²) < 4.78 is 0. The molecule has 1 aliphatic rings. The molecule has 0 bridgehead atoms. The van der Waals surface area contributed by atoms with Crippen LogP contribution in [0.5, 0.6) is 0 Å². The van der Waals surface area contributed by atoms with Crippen molar-refractivity contribution in [2.75, 3.05) is 6.54 Å². The third-order valence-corrected chi connectivity index (χ3v) is 11.3. The maximum atomic E-state index is 13.2. The zero-order chi connectivity index (χ0) is 22.8. The van der Waals surface area contributed by atoms with Gasteiger partial charge in [0.15, 0.2) is 0 Å². The van der Waals surface area contributed by atoms with Crippen LogP contribution in [0.25, 0.3) is 0 Å². The van der Waals surface area contributed by atoms with E-state index in [-0.39, 0.29) is 17.5 Å². The number of carbonyl (C=O) groups excluding carboxylic acids is 2. The van der Waals surface area contributed by atoms with E-state index < -0.39 is 7.26 Å². The fraction of sp³-hybridized carbons (Fsp3) is 0.103. The Morgan fingerprint density at radius 1 is 0.576 bits per heavy atom.